The number of nitrogens with zero attached hydrogens (tertiary/aromatic N) is 4. The highest BCUT2D eigenvalue weighted by atomic mass is 32.1. The van der Waals surface area contributed by atoms with Gasteiger partial charge in [0.05, 0.1) is 26.8 Å². The van der Waals surface area contributed by atoms with Crippen molar-refractivity contribution in [2.45, 2.75) is 50.6 Å². The standard InChI is InChI=1S/C29H30N4O5S/c1-29(13-14-29)27-31-25-23(26(34)33(27)17-18-11-12-20(36-2)16-22(18)37-3)30-24(39-25)21-10-7-15-32(21)28(35)38-19-8-5-4-6-9-19/h4-6,8-9,11-12,16,21H,7,10,13-15,17H2,1-3H3/t21-/m1/s1. The van der Waals surface area contributed by atoms with E-state index in [1.807, 2.05) is 36.4 Å². The number of ether oxygens (including phenoxy) is 3. The van der Waals surface area contributed by atoms with Crippen molar-refractivity contribution >= 4 is 27.8 Å². The second kappa shape index (κ2) is 10.00. The quantitative estimate of drug-likeness (QED) is 0.310. The molecule has 1 saturated heterocycles. The number of amides is 1. The summed E-state index contributed by atoms with van der Waals surface area (Å²) in [6.07, 6.45) is 3.12. The van der Waals surface area contributed by atoms with Gasteiger partial charge in [-0.3, -0.25) is 14.3 Å². The molecule has 1 amide bonds. The van der Waals surface area contributed by atoms with E-state index in [0.717, 1.165) is 37.1 Å². The van der Waals surface area contributed by atoms with Gasteiger partial charge in [0, 0.05) is 23.6 Å². The molecule has 0 unspecified atom stereocenters. The van der Waals surface area contributed by atoms with Crippen molar-refractivity contribution < 1.29 is 19.0 Å². The summed E-state index contributed by atoms with van der Waals surface area (Å²) in [7, 11) is 3.21. The Morgan fingerprint density at radius 2 is 1.87 bits per heavy atom. The number of carbonyl (C=O) groups excluding carboxylic acids is 1. The van der Waals surface area contributed by atoms with Crippen LogP contribution in [0, 0.1) is 0 Å². The molecule has 2 aromatic heterocycles. The predicted octanol–water partition coefficient (Wildman–Crippen LogP) is 5.31. The molecule has 0 bridgehead atoms. The highest BCUT2D eigenvalue weighted by molar-refractivity contribution is 7.18. The van der Waals surface area contributed by atoms with Gasteiger partial charge in [-0.15, -0.1) is 0 Å². The summed E-state index contributed by atoms with van der Waals surface area (Å²) in [6, 6.07) is 14.4. The molecule has 2 aliphatic rings. The summed E-state index contributed by atoms with van der Waals surface area (Å²) >= 11 is 1.40. The Morgan fingerprint density at radius 3 is 2.59 bits per heavy atom. The molecule has 3 heterocycles. The number of thiazole rings is 1. The van der Waals surface area contributed by atoms with Crippen LogP contribution in [0.1, 0.15) is 55.0 Å². The lowest BCUT2D eigenvalue weighted by Gasteiger charge is -2.22. The number of aromatic nitrogens is 3. The molecule has 202 valence electrons. The van der Waals surface area contributed by atoms with E-state index in [0.29, 0.717) is 45.7 Å². The fraction of sp³-hybridized carbons (Fsp3) is 0.379. The monoisotopic (exact) mass is 546 g/mol. The van der Waals surface area contributed by atoms with Crippen molar-refractivity contribution in [3.63, 3.8) is 0 Å². The number of benzene rings is 2. The van der Waals surface area contributed by atoms with Gasteiger partial charge in [0.15, 0.2) is 10.3 Å². The summed E-state index contributed by atoms with van der Waals surface area (Å²) in [5.74, 6) is 2.59. The first-order valence-electron chi connectivity index (χ1n) is 13.1. The van der Waals surface area contributed by atoms with Crippen LogP contribution in [-0.4, -0.2) is 46.3 Å². The Hall–Kier alpha value is -3.92. The topological polar surface area (TPSA) is 95.8 Å². The summed E-state index contributed by atoms with van der Waals surface area (Å²) in [6.45, 7) is 3.03. The Morgan fingerprint density at radius 1 is 1.08 bits per heavy atom. The van der Waals surface area contributed by atoms with Crippen molar-refractivity contribution in [3.8, 4) is 17.2 Å². The van der Waals surface area contributed by atoms with Gasteiger partial charge in [0.25, 0.3) is 5.56 Å². The SMILES string of the molecule is COc1ccc(Cn2c(C3(C)CC3)nc3sc([C@H]4CCCN4C(=O)Oc4ccccc4)nc3c2=O)c(OC)c1. The summed E-state index contributed by atoms with van der Waals surface area (Å²) in [5, 5.41) is 0.712. The van der Waals surface area contributed by atoms with Crippen molar-refractivity contribution in [1.82, 2.24) is 19.4 Å². The van der Waals surface area contributed by atoms with Crippen LogP contribution in [0.5, 0.6) is 17.2 Å². The summed E-state index contributed by atoms with van der Waals surface area (Å²) in [5.41, 5.74) is 0.850. The second-order valence-electron chi connectivity index (χ2n) is 10.3. The fourth-order valence-corrected chi connectivity index (χ4v) is 6.21. The molecule has 10 heteroatoms. The van der Waals surface area contributed by atoms with Crippen LogP contribution in [0.4, 0.5) is 4.79 Å². The molecule has 6 rings (SSSR count). The van der Waals surface area contributed by atoms with Gasteiger partial charge in [-0.05, 0) is 49.9 Å². The molecule has 1 atom stereocenters. The van der Waals surface area contributed by atoms with Crippen molar-refractivity contribution in [2.24, 2.45) is 0 Å². The van der Waals surface area contributed by atoms with Crippen LogP contribution >= 0.6 is 11.3 Å². The molecule has 2 fully saturated rings. The molecule has 1 aliphatic carbocycles. The molecule has 0 spiro atoms. The fourth-order valence-electron chi connectivity index (χ4n) is 5.13. The van der Waals surface area contributed by atoms with Crippen LogP contribution in [-0.2, 0) is 12.0 Å². The molecule has 9 nitrogen and oxygen atoms in total. The van der Waals surface area contributed by atoms with E-state index >= 15 is 0 Å². The zero-order chi connectivity index (χ0) is 27.1. The maximum Gasteiger partial charge on any atom is 0.415 e. The average molecular weight is 547 g/mol. The van der Waals surface area contributed by atoms with E-state index in [-0.39, 0.29) is 17.0 Å². The van der Waals surface area contributed by atoms with Crippen molar-refractivity contribution in [1.29, 1.82) is 0 Å². The number of hydrogen-bond donors (Lipinski definition) is 0. The number of likely N-dealkylation sites (tertiary alicyclic amines) is 1. The van der Waals surface area contributed by atoms with E-state index < -0.39 is 6.09 Å². The smallest absolute Gasteiger partial charge is 0.415 e. The first-order chi connectivity index (χ1) is 18.9. The molecule has 4 aromatic rings. The van der Waals surface area contributed by atoms with Gasteiger partial charge < -0.3 is 14.2 Å². The molecular weight excluding hydrogens is 516 g/mol. The van der Waals surface area contributed by atoms with Gasteiger partial charge in [-0.25, -0.2) is 14.8 Å². The highest BCUT2D eigenvalue weighted by Gasteiger charge is 2.44. The maximum absolute atomic E-state index is 13.9. The maximum atomic E-state index is 13.9. The predicted molar refractivity (Wildman–Crippen MR) is 148 cm³/mol. The minimum absolute atomic E-state index is 0.157. The number of carbonyl (C=O) groups is 1. The zero-order valence-electron chi connectivity index (χ0n) is 22.2. The molecule has 0 N–H and O–H groups in total. The Kier molecular flexibility index (Phi) is 6.50. The first kappa shape index (κ1) is 25.4. The number of hydrogen-bond acceptors (Lipinski definition) is 8. The third kappa shape index (κ3) is 4.73. The lowest BCUT2D eigenvalue weighted by atomic mass is 10.1. The first-order valence-corrected chi connectivity index (χ1v) is 13.9. The minimum Gasteiger partial charge on any atom is -0.497 e. The van der Waals surface area contributed by atoms with Crippen LogP contribution < -0.4 is 19.8 Å². The number of methoxy groups -OCH3 is 2. The molecule has 1 saturated carbocycles. The van der Waals surface area contributed by atoms with E-state index in [1.165, 1.54) is 11.3 Å². The van der Waals surface area contributed by atoms with E-state index in [2.05, 4.69) is 6.92 Å². The third-order valence-corrected chi connectivity index (χ3v) is 8.67. The molecule has 1 aliphatic heterocycles. The molecular formula is C29H30N4O5S. The lowest BCUT2D eigenvalue weighted by Crippen LogP contribution is -2.33. The van der Waals surface area contributed by atoms with E-state index in [9.17, 15) is 9.59 Å². The Bertz CT molecular complexity index is 1590. The average Bonchev–Trinajstić information content (AvgIpc) is 3.33. The minimum atomic E-state index is -0.411. The van der Waals surface area contributed by atoms with Gasteiger partial charge in [0.1, 0.15) is 28.1 Å². The van der Waals surface area contributed by atoms with E-state index in [4.69, 9.17) is 24.2 Å². The second-order valence-corrected chi connectivity index (χ2v) is 11.3. The normalized spacial score (nSPS) is 17.8. The van der Waals surface area contributed by atoms with Gasteiger partial charge in [-0.1, -0.05) is 36.5 Å². The zero-order valence-corrected chi connectivity index (χ0v) is 23.0. The Balaban J connectivity index is 1.37. The van der Waals surface area contributed by atoms with Crippen LogP contribution in [0.2, 0.25) is 0 Å². The number of fused-ring (bicyclic) bond motifs is 1. The van der Waals surface area contributed by atoms with Gasteiger partial charge >= 0.3 is 6.09 Å². The third-order valence-electron chi connectivity index (χ3n) is 7.62. The molecule has 39 heavy (non-hydrogen) atoms. The van der Waals surface area contributed by atoms with Crippen LogP contribution in [0.25, 0.3) is 10.3 Å². The van der Waals surface area contributed by atoms with E-state index in [1.54, 1.807) is 35.8 Å². The number of para-hydroxylation sites is 1. The molecule has 0 radical (unpaired) electrons. The molecule has 2 aromatic carbocycles. The number of rotatable bonds is 7. The van der Waals surface area contributed by atoms with Crippen LogP contribution in [0.15, 0.2) is 53.3 Å². The summed E-state index contributed by atoms with van der Waals surface area (Å²) in [4.78, 5) is 39.0. The summed E-state index contributed by atoms with van der Waals surface area (Å²) < 4.78 is 18.3. The van der Waals surface area contributed by atoms with Crippen LogP contribution in [0.3, 0.4) is 0 Å². The van der Waals surface area contributed by atoms with Gasteiger partial charge in [0.2, 0.25) is 0 Å². The largest absolute Gasteiger partial charge is 0.497 e. The lowest BCUT2D eigenvalue weighted by molar-refractivity contribution is 0.147. The Labute approximate surface area is 230 Å². The van der Waals surface area contributed by atoms with Gasteiger partial charge in [-0.2, -0.15) is 0 Å². The highest BCUT2D eigenvalue weighted by Crippen LogP contribution is 2.47. The van der Waals surface area contributed by atoms with Crippen molar-refractivity contribution in [2.75, 3.05) is 20.8 Å². The van der Waals surface area contributed by atoms with Crippen molar-refractivity contribution in [3.05, 3.63) is 75.3 Å².